The summed E-state index contributed by atoms with van der Waals surface area (Å²) in [4.78, 5) is 21.0. The number of carbonyl (C=O) groups is 1. The number of para-hydroxylation sites is 1. The van der Waals surface area contributed by atoms with Crippen molar-refractivity contribution in [2.75, 3.05) is 10.6 Å². The first kappa shape index (κ1) is 17.9. The first-order valence-corrected chi connectivity index (χ1v) is 8.55. The fourth-order valence-electron chi connectivity index (χ4n) is 2.53. The minimum Gasteiger partial charge on any atom is -0.324 e. The summed E-state index contributed by atoms with van der Waals surface area (Å²) < 4.78 is 0. The fourth-order valence-corrected chi connectivity index (χ4v) is 2.72. The molecule has 0 atom stereocenters. The lowest BCUT2D eigenvalue weighted by atomic mass is 10.1. The van der Waals surface area contributed by atoms with E-state index in [2.05, 4.69) is 20.6 Å². The highest BCUT2D eigenvalue weighted by Crippen LogP contribution is 2.23. The van der Waals surface area contributed by atoms with Crippen LogP contribution in [0.3, 0.4) is 0 Å². The summed E-state index contributed by atoms with van der Waals surface area (Å²) in [6.07, 6.45) is 1.56. The van der Waals surface area contributed by atoms with Gasteiger partial charge in [-0.2, -0.15) is 0 Å². The molecule has 132 valence electrons. The van der Waals surface area contributed by atoms with E-state index in [0.29, 0.717) is 16.7 Å². The summed E-state index contributed by atoms with van der Waals surface area (Å²) >= 11 is 6.10. The van der Waals surface area contributed by atoms with Crippen LogP contribution in [0, 0.1) is 20.8 Å². The largest absolute Gasteiger partial charge is 0.324 e. The molecule has 0 aliphatic heterocycles. The number of benzene rings is 2. The van der Waals surface area contributed by atoms with E-state index in [1.54, 1.807) is 24.4 Å². The minimum absolute atomic E-state index is 0.269. The minimum atomic E-state index is -0.322. The van der Waals surface area contributed by atoms with E-state index >= 15 is 0 Å². The standard InChI is InChI=1S/C20H19ClN4O/c1-12-7-8-15(11-16(12)21)23-19(26)17-9-10-22-20(24-17)25-18-13(2)5-4-6-14(18)3/h4-11H,1-3H3,(H,23,26)(H,22,24,25). The Balaban J connectivity index is 1.80. The summed E-state index contributed by atoms with van der Waals surface area (Å²) in [5.74, 6) is 0.0499. The Labute approximate surface area is 157 Å². The van der Waals surface area contributed by atoms with E-state index in [4.69, 9.17) is 11.6 Å². The molecule has 6 heteroatoms. The van der Waals surface area contributed by atoms with Gasteiger partial charge in [0.1, 0.15) is 5.69 Å². The molecule has 1 aromatic heterocycles. The van der Waals surface area contributed by atoms with E-state index in [0.717, 1.165) is 22.4 Å². The highest BCUT2D eigenvalue weighted by atomic mass is 35.5. The molecule has 0 saturated heterocycles. The molecule has 0 bridgehead atoms. The number of amides is 1. The van der Waals surface area contributed by atoms with Gasteiger partial charge in [-0.25, -0.2) is 9.97 Å². The summed E-state index contributed by atoms with van der Waals surface area (Å²) in [5, 5.41) is 6.59. The molecule has 0 aliphatic carbocycles. The van der Waals surface area contributed by atoms with Crippen molar-refractivity contribution in [3.8, 4) is 0 Å². The smallest absolute Gasteiger partial charge is 0.274 e. The summed E-state index contributed by atoms with van der Waals surface area (Å²) in [7, 11) is 0. The van der Waals surface area contributed by atoms with E-state index in [9.17, 15) is 4.79 Å². The Kier molecular flexibility index (Phi) is 5.19. The van der Waals surface area contributed by atoms with Crippen molar-refractivity contribution in [1.82, 2.24) is 9.97 Å². The predicted octanol–water partition coefficient (Wildman–Crippen LogP) is 5.05. The van der Waals surface area contributed by atoms with Gasteiger partial charge >= 0.3 is 0 Å². The Bertz CT molecular complexity index is 952. The monoisotopic (exact) mass is 366 g/mol. The van der Waals surface area contributed by atoms with Gasteiger partial charge in [-0.3, -0.25) is 4.79 Å². The molecular weight excluding hydrogens is 348 g/mol. The first-order chi connectivity index (χ1) is 12.4. The number of aromatic nitrogens is 2. The van der Waals surface area contributed by atoms with Crippen LogP contribution < -0.4 is 10.6 Å². The van der Waals surface area contributed by atoms with Gasteiger partial charge in [0.2, 0.25) is 5.95 Å². The van der Waals surface area contributed by atoms with Gasteiger partial charge in [0.25, 0.3) is 5.91 Å². The third kappa shape index (κ3) is 4.00. The Morgan fingerprint density at radius 3 is 2.42 bits per heavy atom. The number of rotatable bonds is 4. The average molecular weight is 367 g/mol. The molecule has 0 unspecified atom stereocenters. The van der Waals surface area contributed by atoms with Crippen LogP contribution in [0.1, 0.15) is 27.2 Å². The van der Waals surface area contributed by atoms with E-state index in [1.165, 1.54) is 0 Å². The number of halogens is 1. The van der Waals surface area contributed by atoms with Crippen molar-refractivity contribution in [3.63, 3.8) is 0 Å². The van der Waals surface area contributed by atoms with Crippen LogP contribution in [-0.4, -0.2) is 15.9 Å². The van der Waals surface area contributed by atoms with Crippen LogP contribution in [-0.2, 0) is 0 Å². The Morgan fingerprint density at radius 1 is 1.00 bits per heavy atom. The third-order valence-electron chi connectivity index (χ3n) is 4.04. The summed E-state index contributed by atoms with van der Waals surface area (Å²) in [5.41, 5.74) is 4.94. The molecule has 0 radical (unpaired) electrons. The van der Waals surface area contributed by atoms with Crippen LogP contribution in [0.4, 0.5) is 17.3 Å². The maximum absolute atomic E-state index is 12.5. The SMILES string of the molecule is Cc1ccc(NC(=O)c2ccnc(Nc3c(C)cccc3C)n2)cc1Cl. The fraction of sp³-hybridized carbons (Fsp3) is 0.150. The van der Waals surface area contributed by atoms with Crippen LogP contribution in [0.5, 0.6) is 0 Å². The van der Waals surface area contributed by atoms with Crippen LogP contribution in [0.15, 0.2) is 48.7 Å². The van der Waals surface area contributed by atoms with Gasteiger partial charge in [0, 0.05) is 22.6 Å². The second kappa shape index (κ2) is 7.54. The zero-order valence-corrected chi connectivity index (χ0v) is 15.6. The Hall–Kier alpha value is -2.92. The molecule has 1 heterocycles. The number of hydrogen-bond acceptors (Lipinski definition) is 4. The molecule has 2 aromatic carbocycles. The van der Waals surface area contributed by atoms with Gasteiger partial charge < -0.3 is 10.6 Å². The van der Waals surface area contributed by atoms with Gasteiger partial charge in [0.15, 0.2) is 0 Å². The van der Waals surface area contributed by atoms with Gasteiger partial charge in [-0.05, 0) is 55.7 Å². The van der Waals surface area contributed by atoms with Crippen molar-refractivity contribution < 1.29 is 4.79 Å². The lowest BCUT2D eigenvalue weighted by Crippen LogP contribution is -2.15. The van der Waals surface area contributed by atoms with Crippen LogP contribution in [0.25, 0.3) is 0 Å². The molecule has 0 fully saturated rings. The summed E-state index contributed by atoms with van der Waals surface area (Å²) in [6, 6.07) is 12.9. The third-order valence-corrected chi connectivity index (χ3v) is 4.44. The molecule has 0 spiro atoms. The molecule has 0 aliphatic rings. The topological polar surface area (TPSA) is 66.9 Å². The van der Waals surface area contributed by atoms with E-state index < -0.39 is 0 Å². The van der Waals surface area contributed by atoms with Crippen molar-refractivity contribution >= 4 is 34.8 Å². The lowest BCUT2D eigenvalue weighted by molar-refractivity contribution is 0.102. The molecule has 3 aromatic rings. The lowest BCUT2D eigenvalue weighted by Gasteiger charge is -2.12. The molecule has 26 heavy (non-hydrogen) atoms. The quantitative estimate of drug-likeness (QED) is 0.678. The molecule has 2 N–H and O–H groups in total. The first-order valence-electron chi connectivity index (χ1n) is 8.18. The number of nitrogens with zero attached hydrogens (tertiary/aromatic N) is 2. The zero-order valence-electron chi connectivity index (χ0n) is 14.8. The number of nitrogens with one attached hydrogen (secondary N) is 2. The van der Waals surface area contributed by atoms with E-state index in [1.807, 2.05) is 45.0 Å². The molecule has 0 saturated carbocycles. The normalized spacial score (nSPS) is 10.5. The Morgan fingerprint density at radius 2 is 1.73 bits per heavy atom. The van der Waals surface area contributed by atoms with Crippen LogP contribution in [0.2, 0.25) is 5.02 Å². The van der Waals surface area contributed by atoms with Crippen molar-refractivity contribution in [2.45, 2.75) is 20.8 Å². The maximum Gasteiger partial charge on any atom is 0.274 e. The van der Waals surface area contributed by atoms with Gasteiger partial charge in [0.05, 0.1) is 0 Å². The maximum atomic E-state index is 12.5. The van der Waals surface area contributed by atoms with Crippen molar-refractivity contribution in [1.29, 1.82) is 0 Å². The number of anilines is 3. The molecular formula is C20H19ClN4O. The number of hydrogen-bond donors (Lipinski definition) is 2. The zero-order chi connectivity index (χ0) is 18.7. The molecule has 5 nitrogen and oxygen atoms in total. The second-order valence-electron chi connectivity index (χ2n) is 6.08. The second-order valence-corrected chi connectivity index (χ2v) is 6.48. The van der Waals surface area contributed by atoms with Crippen molar-refractivity contribution in [2.24, 2.45) is 0 Å². The van der Waals surface area contributed by atoms with Gasteiger partial charge in [-0.15, -0.1) is 0 Å². The highest BCUT2D eigenvalue weighted by molar-refractivity contribution is 6.31. The predicted molar refractivity (Wildman–Crippen MR) is 105 cm³/mol. The summed E-state index contributed by atoms with van der Waals surface area (Å²) in [6.45, 7) is 5.92. The van der Waals surface area contributed by atoms with Crippen LogP contribution >= 0.6 is 11.6 Å². The number of carbonyl (C=O) groups excluding carboxylic acids is 1. The highest BCUT2D eigenvalue weighted by Gasteiger charge is 2.11. The van der Waals surface area contributed by atoms with Crippen molar-refractivity contribution in [3.05, 3.63) is 76.1 Å². The molecule has 1 amide bonds. The van der Waals surface area contributed by atoms with Gasteiger partial charge in [-0.1, -0.05) is 35.9 Å². The van der Waals surface area contributed by atoms with E-state index in [-0.39, 0.29) is 11.6 Å². The average Bonchev–Trinajstić information content (AvgIpc) is 2.62. The number of aryl methyl sites for hydroxylation is 3. The molecule has 3 rings (SSSR count).